The van der Waals surface area contributed by atoms with Gasteiger partial charge in [-0.1, -0.05) is 29.8 Å². The number of ketones is 1. The molecule has 1 aliphatic carbocycles. The Morgan fingerprint density at radius 1 is 0.854 bits per heavy atom. The van der Waals surface area contributed by atoms with Crippen molar-refractivity contribution in [1.29, 1.82) is 0 Å². The maximum Gasteiger partial charge on any atom is 0.254 e. The minimum Gasteiger partial charge on any atom is -0.497 e. The van der Waals surface area contributed by atoms with Crippen LogP contribution in [-0.2, 0) is 9.59 Å². The molecule has 3 aromatic rings. The average molecular weight is 553 g/mol. The normalized spacial score (nSPS) is 18.4. The van der Waals surface area contributed by atoms with E-state index in [4.69, 9.17) is 14.2 Å². The fourth-order valence-electron chi connectivity index (χ4n) is 5.94. The zero-order valence-electron chi connectivity index (χ0n) is 24.4. The van der Waals surface area contributed by atoms with Gasteiger partial charge >= 0.3 is 0 Å². The first-order chi connectivity index (χ1) is 19.7. The maximum absolute atomic E-state index is 14.1. The molecule has 3 aromatic carbocycles. The summed E-state index contributed by atoms with van der Waals surface area (Å²) in [6, 6.07) is 19.2. The Bertz CT molecular complexity index is 1570. The summed E-state index contributed by atoms with van der Waals surface area (Å²) in [6.07, 6.45) is 0.979. The van der Waals surface area contributed by atoms with E-state index in [9.17, 15) is 9.59 Å². The fourth-order valence-corrected chi connectivity index (χ4v) is 5.94. The van der Waals surface area contributed by atoms with Crippen molar-refractivity contribution in [2.45, 2.75) is 45.4 Å². The number of hydrogen-bond acceptors (Lipinski definition) is 6. The van der Waals surface area contributed by atoms with Crippen LogP contribution in [0.3, 0.4) is 0 Å². The molecular weight excluding hydrogens is 516 g/mol. The predicted molar refractivity (Wildman–Crippen MR) is 160 cm³/mol. The maximum atomic E-state index is 14.1. The number of anilines is 1. The number of Topliss-reactive ketones (excluding diaryl/α,β-unsaturated/α-hetero) is 1. The molecule has 1 aliphatic heterocycles. The summed E-state index contributed by atoms with van der Waals surface area (Å²) in [6.45, 7) is 5.98. The van der Waals surface area contributed by atoms with E-state index in [0.29, 0.717) is 46.9 Å². The van der Waals surface area contributed by atoms with Crippen molar-refractivity contribution in [1.82, 2.24) is 5.32 Å². The van der Waals surface area contributed by atoms with Gasteiger partial charge in [0.2, 0.25) is 0 Å². The lowest BCUT2D eigenvalue weighted by atomic mass is 9.70. The number of allylic oxidation sites excluding steroid dienone is 3. The molecule has 0 saturated carbocycles. The standard InChI is InChI=1S/C34H36N2O5/c1-19-7-8-20(2)26(15-19)32-31(34(38)36-24-10-12-25(39-4)13-11-24)21(3)35-27-16-23(17-28(37)33(27)32)22-9-14-29(40-5)30(18-22)41-6/h7-15,18,23,32,35H,16-17H2,1-6H3,(H,36,38)/t23-,32-/m0/s1. The van der Waals surface area contributed by atoms with E-state index in [1.165, 1.54) is 0 Å². The molecule has 0 saturated heterocycles. The van der Waals surface area contributed by atoms with Gasteiger partial charge in [-0.05, 0) is 86.2 Å². The van der Waals surface area contributed by atoms with Crippen molar-refractivity contribution in [3.8, 4) is 17.2 Å². The summed E-state index contributed by atoms with van der Waals surface area (Å²) in [5.74, 6) is 1.27. The molecule has 5 rings (SSSR count). The molecule has 7 heteroatoms. The van der Waals surface area contributed by atoms with Gasteiger partial charge in [0, 0.05) is 40.6 Å². The average Bonchev–Trinajstić information content (AvgIpc) is 2.97. The lowest BCUT2D eigenvalue weighted by Gasteiger charge is -2.37. The molecule has 7 nitrogen and oxygen atoms in total. The molecule has 0 spiro atoms. The van der Waals surface area contributed by atoms with E-state index in [2.05, 4.69) is 28.8 Å². The molecule has 0 bridgehead atoms. The lowest BCUT2D eigenvalue weighted by Crippen LogP contribution is -2.37. The van der Waals surface area contributed by atoms with Crippen LogP contribution in [0.1, 0.15) is 53.9 Å². The van der Waals surface area contributed by atoms with E-state index < -0.39 is 5.92 Å². The highest BCUT2D eigenvalue weighted by atomic mass is 16.5. The number of carbonyl (C=O) groups excluding carboxylic acids is 2. The smallest absolute Gasteiger partial charge is 0.254 e. The Kier molecular flexibility index (Phi) is 7.88. The molecule has 0 fully saturated rings. The van der Waals surface area contributed by atoms with Crippen molar-refractivity contribution in [3.05, 3.63) is 105 Å². The first-order valence-electron chi connectivity index (χ1n) is 13.7. The number of nitrogens with one attached hydrogen (secondary N) is 2. The largest absolute Gasteiger partial charge is 0.497 e. The minimum absolute atomic E-state index is 0.0321. The number of methoxy groups -OCH3 is 3. The predicted octanol–water partition coefficient (Wildman–Crippen LogP) is 6.33. The van der Waals surface area contributed by atoms with Crippen molar-refractivity contribution in [2.24, 2.45) is 0 Å². The molecule has 41 heavy (non-hydrogen) atoms. The van der Waals surface area contributed by atoms with Gasteiger partial charge in [0.1, 0.15) is 5.75 Å². The number of hydrogen-bond donors (Lipinski definition) is 2. The Labute approximate surface area is 241 Å². The second-order valence-corrected chi connectivity index (χ2v) is 10.7. The summed E-state index contributed by atoms with van der Waals surface area (Å²) in [5.41, 5.74) is 7.56. The van der Waals surface area contributed by atoms with Gasteiger partial charge in [0.25, 0.3) is 5.91 Å². The molecule has 2 atom stereocenters. The third-order valence-electron chi connectivity index (χ3n) is 8.04. The second kappa shape index (κ2) is 11.5. The quantitative estimate of drug-likeness (QED) is 0.356. The van der Waals surface area contributed by atoms with Crippen LogP contribution in [0.2, 0.25) is 0 Å². The molecule has 0 radical (unpaired) electrons. The lowest BCUT2D eigenvalue weighted by molar-refractivity contribution is -0.116. The van der Waals surface area contributed by atoms with Crippen molar-refractivity contribution >= 4 is 17.4 Å². The van der Waals surface area contributed by atoms with Gasteiger partial charge < -0.3 is 24.8 Å². The number of benzene rings is 3. The van der Waals surface area contributed by atoms with Crippen LogP contribution in [0.4, 0.5) is 5.69 Å². The van der Waals surface area contributed by atoms with Crippen molar-refractivity contribution in [2.75, 3.05) is 26.6 Å². The van der Waals surface area contributed by atoms with E-state index in [-0.39, 0.29) is 17.6 Å². The topological polar surface area (TPSA) is 85.9 Å². The number of dihydropyridines is 1. The third kappa shape index (κ3) is 5.44. The van der Waals surface area contributed by atoms with Crippen LogP contribution in [0.25, 0.3) is 0 Å². The molecule has 2 aliphatic rings. The number of rotatable bonds is 7. The van der Waals surface area contributed by atoms with Crippen LogP contribution in [0.5, 0.6) is 17.2 Å². The molecule has 2 N–H and O–H groups in total. The number of carbonyl (C=O) groups is 2. The highest BCUT2D eigenvalue weighted by Gasteiger charge is 2.41. The Hall–Kier alpha value is -4.52. The third-order valence-corrected chi connectivity index (χ3v) is 8.04. The SMILES string of the molecule is COc1ccc(NC(=O)C2=C(C)NC3=C(C(=O)C[C@@H](c4ccc(OC)c(OC)c4)C3)[C@H]2c2cc(C)ccc2C)cc1. The van der Waals surface area contributed by atoms with Gasteiger partial charge in [-0.2, -0.15) is 0 Å². The van der Waals surface area contributed by atoms with Crippen LogP contribution in [-0.4, -0.2) is 33.0 Å². The monoisotopic (exact) mass is 552 g/mol. The second-order valence-electron chi connectivity index (χ2n) is 10.7. The van der Waals surface area contributed by atoms with Gasteiger partial charge in [-0.15, -0.1) is 0 Å². The van der Waals surface area contributed by atoms with E-state index in [1.54, 1.807) is 45.6 Å². The summed E-state index contributed by atoms with van der Waals surface area (Å²) >= 11 is 0. The Morgan fingerprint density at radius 2 is 1.59 bits per heavy atom. The highest BCUT2D eigenvalue weighted by Crippen LogP contribution is 2.47. The summed E-state index contributed by atoms with van der Waals surface area (Å²) in [7, 11) is 4.82. The summed E-state index contributed by atoms with van der Waals surface area (Å²) < 4.78 is 16.2. The molecule has 0 aromatic heterocycles. The first kappa shape index (κ1) is 28.0. The molecular formula is C34H36N2O5. The summed E-state index contributed by atoms with van der Waals surface area (Å²) in [4.78, 5) is 28.0. The van der Waals surface area contributed by atoms with Gasteiger partial charge in [0.15, 0.2) is 17.3 Å². The zero-order valence-corrected chi connectivity index (χ0v) is 24.4. The fraction of sp³-hybridized carbons (Fsp3) is 0.294. The van der Waals surface area contributed by atoms with Crippen LogP contribution in [0, 0.1) is 13.8 Å². The van der Waals surface area contributed by atoms with Gasteiger partial charge in [0.05, 0.1) is 21.3 Å². The highest BCUT2D eigenvalue weighted by molar-refractivity contribution is 6.10. The van der Waals surface area contributed by atoms with Crippen LogP contribution in [0.15, 0.2) is 83.2 Å². The number of amides is 1. The van der Waals surface area contributed by atoms with E-state index >= 15 is 0 Å². The molecule has 1 amide bonds. The van der Waals surface area contributed by atoms with Crippen LogP contribution >= 0.6 is 0 Å². The number of aryl methyl sites for hydroxylation is 2. The number of ether oxygens (including phenoxy) is 3. The van der Waals surface area contributed by atoms with E-state index in [1.807, 2.05) is 39.0 Å². The first-order valence-corrected chi connectivity index (χ1v) is 13.7. The van der Waals surface area contributed by atoms with Crippen LogP contribution < -0.4 is 24.8 Å². The van der Waals surface area contributed by atoms with Crippen molar-refractivity contribution in [3.63, 3.8) is 0 Å². The molecule has 1 heterocycles. The molecule has 212 valence electrons. The Morgan fingerprint density at radius 3 is 2.27 bits per heavy atom. The molecule has 0 unspecified atom stereocenters. The van der Waals surface area contributed by atoms with Gasteiger partial charge in [-0.25, -0.2) is 0 Å². The van der Waals surface area contributed by atoms with Crippen molar-refractivity contribution < 1.29 is 23.8 Å². The van der Waals surface area contributed by atoms with Gasteiger partial charge in [-0.3, -0.25) is 9.59 Å². The Balaban J connectivity index is 1.56. The minimum atomic E-state index is -0.483. The summed E-state index contributed by atoms with van der Waals surface area (Å²) in [5, 5.41) is 6.51. The zero-order chi connectivity index (χ0) is 29.3. The van der Waals surface area contributed by atoms with E-state index in [0.717, 1.165) is 33.6 Å².